The van der Waals surface area contributed by atoms with Crippen LogP contribution in [-0.2, 0) is 18.6 Å². The fourth-order valence-electron chi connectivity index (χ4n) is 1.50. The molecule has 0 aromatic rings. The summed E-state index contributed by atoms with van der Waals surface area (Å²) in [6.07, 6.45) is -1.46. The highest BCUT2D eigenvalue weighted by Crippen LogP contribution is 2.42. The van der Waals surface area contributed by atoms with Gasteiger partial charge in [-0.25, -0.2) is 4.39 Å². The Hall–Kier alpha value is -0.260. The molecule has 0 bridgehead atoms. The third-order valence-corrected chi connectivity index (χ3v) is 3.36. The first-order valence-corrected chi connectivity index (χ1v) is 6.99. The van der Waals surface area contributed by atoms with Crippen molar-refractivity contribution >= 4 is 7.60 Å². The van der Waals surface area contributed by atoms with E-state index in [-0.39, 0.29) is 12.7 Å². The molecule has 1 rings (SSSR count). The third-order valence-electron chi connectivity index (χ3n) is 2.28. The quantitative estimate of drug-likeness (QED) is 0.771. The van der Waals surface area contributed by atoms with E-state index in [1.165, 1.54) is 6.08 Å². The molecule has 0 saturated carbocycles. The lowest BCUT2D eigenvalue weighted by atomic mass is 10.1. The molecular weight excluding hydrogens is 250 g/mol. The molecule has 100 valence electrons. The topological polar surface area (TPSA) is 65.0 Å². The molecule has 0 aromatic carbocycles. The van der Waals surface area contributed by atoms with Gasteiger partial charge in [0.2, 0.25) is 0 Å². The largest absolute Gasteiger partial charge is 0.369 e. The predicted octanol–water partition coefficient (Wildman–Crippen LogP) is 1.86. The number of ether oxygens (including phenoxy) is 2. The molecule has 0 aliphatic carbocycles. The van der Waals surface area contributed by atoms with Crippen LogP contribution in [0.15, 0.2) is 11.9 Å². The second-order valence-electron chi connectivity index (χ2n) is 4.05. The van der Waals surface area contributed by atoms with Crippen LogP contribution in [0.5, 0.6) is 0 Å². The Bertz CT molecular complexity index is 320. The van der Waals surface area contributed by atoms with Crippen molar-refractivity contribution in [2.45, 2.75) is 38.3 Å². The van der Waals surface area contributed by atoms with E-state index in [0.717, 1.165) is 12.9 Å². The van der Waals surface area contributed by atoms with Gasteiger partial charge in [-0.2, -0.15) is 0 Å². The number of halogens is 1. The maximum atomic E-state index is 13.5. The zero-order chi connectivity index (χ0) is 13.1. The van der Waals surface area contributed by atoms with Crippen molar-refractivity contribution in [3.63, 3.8) is 0 Å². The molecule has 17 heavy (non-hydrogen) atoms. The van der Waals surface area contributed by atoms with Gasteiger partial charge in [0.05, 0.1) is 12.7 Å². The first kappa shape index (κ1) is 14.8. The predicted molar refractivity (Wildman–Crippen MR) is 60.6 cm³/mol. The Balaban J connectivity index is 2.67. The summed E-state index contributed by atoms with van der Waals surface area (Å²) in [4.78, 5) is 9.17. The van der Waals surface area contributed by atoms with Crippen molar-refractivity contribution in [2.24, 2.45) is 0 Å². The first-order valence-electron chi connectivity index (χ1n) is 5.34. The van der Waals surface area contributed by atoms with E-state index < -0.39 is 26.0 Å². The molecule has 1 heterocycles. The Morgan fingerprint density at radius 2 is 2.24 bits per heavy atom. The van der Waals surface area contributed by atoms with Gasteiger partial charge in [-0.1, -0.05) is 0 Å². The fourth-order valence-corrected chi connectivity index (χ4v) is 2.00. The molecule has 1 saturated heterocycles. The second-order valence-corrected chi connectivity index (χ2v) is 5.84. The smallest absolute Gasteiger partial charge is 0.351 e. The molecule has 0 amide bonds. The lowest BCUT2D eigenvalue weighted by Gasteiger charge is -2.20. The summed E-state index contributed by atoms with van der Waals surface area (Å²) in [5, 5.41) is 0. The Morgan fingerprint density at radius 3 is 2.76 bits per heavy atom. The van der Waals surface area contributed by atoms with E-state index in [1.54, 1.807) is 13.8 Å². The summed E-state index contributed by atoms with van der Waals surface area (Å²) in [6, 6.07) is 0. The minimum atomic E-state index is -3.74. The number of hydrogen-bond acceptors (Lipinski definition) is 4. The molecular formula is C10H18FO5P. The maximum absolute atomic E-state index is 13.5. The van der Waals surface area contributed by atoms with E-state index in [9.17, 15) is 13.8 Å². The minimum absolute atomic E-state index is 0.0743. The number of alkyl halides is 1. The van der Waals surface area contributed by atoms with E-state index in [1.807, 2.05) is 0 Å². The Labute approximate surface area is 100 Å². The molecule has 5 nitrogen and oxygen atoms in total. The highest BCUT2D eigenvalue weighted by atomic mass is 31.2. The minimum Gasteiger partial charge on any atom is -0.369 e. The average Bonchev–Trinajstić information content (AvgIpc) is 2.57. The molecule has 4 atom stereocenters. The van der Waals surface area contributed by atoms with Crippen molar-refractivity contribution in [2.75, 3.05) is 13.7 Å². The SMILES string of the molecule is COP(=O)(O)/C=C/[C@H]1OC[C@H](F)[C@@H]1OC(C)C. The zero-order valence-corrected chi connectivity index (χ0v) is 11.0. The summed E-state index contributed by atoms with van der Waals surface area (Å²) in [7, 11) is -2.62. The Morgan fingerprint density at radius 1 is 1.59 bits per heavy atom. The van der Waals surface area contributed by atoms with Crippen LogP contribution >= 0.6 is 7.60 Å². The van der Waals surface area contributed by atoms with Gasteiger partial charge in [0, 0.05) is 12.9 Å². The lowest BCUT2D eigenvalue weighted by molar-refractivity contribution is -0.0385. The average molecular weight is 268 g/mol. The molecule has 7 heteroatoms. The molecule has 0 spiro atoms. The van der Waals surface area contributed by atoms with Gasteiger partial charge in [-0.15, -0.1) is 0 Å². The highest BCUT2D eigenvalue weighted by Gasteiger charge is 2.38. The molecule has 1 aliphatic rings. The van der Waals surface area contributed by atoms with Gasteiger partial charge >= 0.3 is 7.60 Å². The normalized spacial score (nSPS) is 33.4. The van der Waals surface area contributed by atoms with Crippen LogP contribution in [0.4, 0.5) is 4.39 Å². The van der Waals surface area contributed by atoms with Gasteiger partial charge < -0.3 is 18.9 Å². The van der Waals surface area contributed by atoms with E-state index in [2.05, 4.69) is 4.52 Å². The fraction of sp³-hybridized carbons (Fsp3) is 0.800. The summed E-state index contributed by atoms with van der Waals surface area (Å²) in [5.41, 5.74) is 0. The summed E-state index contributed by atoms with van der Waals surface area (Å²) in [6.45, 7) is 3.50. The summed E-state index contributed by atoms with van der Waals surface area (Å²) >= 11 is 0. The summed E-state index contributed by atoms with van der Waals surface area (Å²) in [5.74, 6) is 0.992. The molecule has 1 fully saturated rings. The van der Waals surface area contributed by atoms with Gasteiger partial charge in [-0.05, 0) is 19.9 Å². The second kappa shape index (κ2) is 6.07. The third kappa shape index (κ3) is 4.48. The van der Waals surface area contributed by atoms with Crippen LogP contribution < -0.4 is 0 Å². The maximum Gasteiger partial charge on any atom is 0.351 e. The van der Waals surface area contributed by atoms with Gasteiger partial charge in [0.15, 0.2) is 6.17 Å². The molecule has 1 aliphatic heterocycles. The van der Waals surface area contributed by atoms with E-state index in [0.29, 0.717) is 0 Å². The standard InChI is InChI=1S/C10H18FO5P/c1-7(2)16-10-8(11)6-15-9(10)4-5-17(12,13)14-3/h4-5,7-10H,6H2,1-3H3,(H,12,13)/b5-4+/t8-,9+,10-/m0/s1. The molecule has 0 radical (unpaired) electrons. The zero-order valence-electron chi connectivity index (χ0n) is 10.1. The number of rotatable bonds is 5. The van der Waals surface area contributed by atoms with Crippen LogP contribution in [0.3, 0.4) is 0 Å². The van der Waals surface area contributed by atoms with Crippen molar-refractivity contribution in [3.05, 3.63) is 11.9 Å². The van der Waals surface area contributed by atoms with Gasteiger partial charge in [-0.3, -0.25) is 4.57 Å². The van der Waals surface area contributed by atoms with Crippen molar-refractivity contribution < 1.29 is 27.8 Å². The first-order chi connectivity index (χ1) is 7.85. The van der Waals surface area contributed by atoms with Crippen molar-refractivity contribution in [1.82, 2.24) is 0 Å². The van der Waals surface area contributed by atoms with Crippen LogP contribution in [0, 0.1) is 0 Å². The van der Waals surface area contributed by atoms with Crippen LogP contribution in [0.1, 0.15) is 13.8 Å². The van der Waals surface area contributed by atoms with Gasteiger partial charge in [0.1, 0.15) is 12.2 Å². The summed E-state index contributed by atoms with van der Waals surface area (Å²) < 4.78 is 39.6. The molecule has 0 aromatic heterocycles. The molecule has 1 unspecified atom stereocenters. The van der Waals surface area contributed by atoms with Crippen molar-refractivity contribution in [3.8, 4) is 0 Å². The Kier molecular flexibility index (Phi) is 5.28. The monoisotopic (exact) mass is 268 g/mol. The highest BCUT2D eigenvalue weighted by molar-refractivity contribution is 7.56. The molecule has 1 N–H and O–H groups in total. The van der Waals surface area contributed by atoms with Crippen LogP contribution in [0.25, 0.3) is 0 Å². The van der Waals surface area contributed by atoms with Crippen LogP contribution in [-0.4, -0.2) is 43.1 Å². The van der Waals surface area contributed by atoms with E-state index >= 15 is 0 Å². The number of hydrogen-bond donors (Lipinski definition) is 1. The van der Waals surface area contributed by atoms with E-state index in [4.69, 9.17) is 9.47 Å². The van der Waals surface area contributed by atoms with Crippen LogP contribution in [0.2, 0.25) is 0 Å². The van der Waals surface area contributed by atoms with Crippen molar-refractivity contribution in [1.29, 1.82) is 0 Å². The van der Waals surface area contributed by atoms with Gasteiger partial charge in [0.25, 0.3) is 0 Å². The lowest BCUT2D eigenvalue weighted by Crippen LogP contribution is -2.32.